The number of rotatable bonds is 6. The number of nitrogens with one attached hydrogen (secondary N) is 1. The second-order valence-electron chi connectivity index (χ2n) is 4.57. The predicted molar refractivity (Wildman–Crippen MR) is 77.7 cm³/mol. The average molecular weight is 272 g/mol. The molecule has 0 saturated carbocycles. The summed E-state index contributed by atoms with van der Waals surface area (Å²) < 4.78 is 5.32. The highest BCUT2D eigenvalue weighted by molar-refractivity contribution is 5.31. The van der Waals surface area contributed by atoms with E-state index in [0.717, 1.165) is 29.9 Å². The fraction of sp³-hybridized carbons (Fsp3) is 0.400. The summed E-state index contributed by atoms with van der Waals surface area (Å²) >= 11 is 0. The van der Waals surface area contributed by atoms with Crippen LogP contribution in [-0.2, 0) is 0 Å². The molecule has 1 N–H and O–H groups in total. The van der Waals surface area contributed by atoms with Crippen LogP contribution in [0.5, 0.6) is 5.88 Å². The normalized spacial score (nSPS) is 12.2. The van der Waals surface area contributed by atoms with Gasteiger partial charge in [-0.25, -0.2) is 4.98 Å². The van der Waals surface area contributed by atoms with Crippen LogP contribution in [-0.4, -0.2) is 28.6 Å². The lowest BCUT2D eigenvalue weighted by atomic mass is 10.1. The topological polar surface area (TPSA) is 59.9 Å². The molecule has 0 radical (unpaired) electrons. The van der Waals surface area contributed by atoms with E-state index < -0.39 is 0 Å². The van der Waals surface area contributed by atoms with Crippen molar-refractivity contribution in [2.75, 3.05) is 13.7 Å². The summed E-state index contributed by atoms with van der Waals surface area (Å²) in [6, 6.07) is 3.99. The third kappa shape index (κ3) is 3.30. The highest BCUT2D eigenvalue weighted by Crippen LogP contribution is 2.25. The van der Waals surface area contributed by atoms with Gasteiger partial charge in [-0.1, -0.05) is 13.0 Å². The average Bonchev–Trinajstić information content (AvgIpc) is 2.50. The van der Waals surface area contributed by atoms with Crippen molar-refractivity contribution < 1.29 is 4.74 Å². The summed E-state index contributed by atoms with van der Waals surface area (Å²) in [6.45, 7) is 4.99. The number of pyridine rings is 1. The molecule has 0 aliphatic carbocycles. The summed E-state index contributed by atoms with van der Waals surface area (Å²) in [5, 5.41) is 3.47. The molecule has 0 fully saturated rings. The zero-order chi connectivity index (χ0) is 14.4. The third-order valence-corrected chi connectivity index (χ3v) is 3.02. The van der Waals surface area contributed by atoms with Crippen molar-refractivity contribution in [3.05, 3.63) is 47.7 Å². The van der Waals surface area contributed by atoms with Gasteiger partial charge in [0.15, 0.2) is 0 Å². The number of nitrogens with zero attached hydrogens (tertiary/aromatic N) is 3. The Labute approximate surface area is 119 Å². The molecule has 0 amide bonds. The van der Waals surface area contributed by atoms with Crippen LogP contribution < -0.4 is 10.1 Å². The molecular formula is C15H20N4O. The Morgan fingerprint density at radius 3 is 2.65 bits per heavy atom. The standard InChI is InChI=1S/C15H20N4O/c1-4-7-16-13(12-6-5-11(2)19-10-12)14-15(20-3)18-9-8-17-14/h5-6,8-10,13,16H,4,7H2,1-3H3. The number of aryl methyl sites for hydroxylation is 1. The fourth-order valence-electron chi connectivity index (χ4n) is 2.00. The maximum atomic E-state index is 5.32. The Hall–Kier alpha value is -2.01. The van der Waals surface area contributed by atoms with E-state index in [9.17, 15) is 0 Å². The highest BCUT2D eigenvalue weighted by Gasteiger charge is 2.20. The molecule has 5 nitrogen and oxygen atoms in total. The molecule has 1 unspecified atom stereocenters. The van der Waals surface area contributed by atoms with E-state index in [1.165, 1.54) is 0 Å². The van der Waals surface area contributed by atoms with Gasteiger partial charge in [0.25, 0.3) is 0 Å². The molecule has 20 heavy (non-hydrogen) atoms. The molecule has 2 rings (SSSR count). The molecular weight excluding hydrogens is 252 g/mol. The van der Waals surface area contributed by atoms with Crippen LogP contribution in [0.15, 0.2) is 30.7 Å². The van der Waals surface area contributed by atoms with Gasteiger partial charge in [-0.15, -0.1) is 0 Å². The molecule has 106 valence electrons. The van der Waals surface area contributed by atoms with Crippen molar-refractivity contribution in [1.29, 1.82) is 0 Å². The van der Waals surface area contributed by atoms with Crippen molar-refractivity contribution >= 4 is 0 Å². The van der Waals surface area contributed by atoms with Crippen molar-refractivity contribution in [3.8, 4) is 5.88 Å². The van der Waals surface area contributed by atoms with Crippen molar-refractivity contribution in [1.82, 2.24) is 20.3 Å². The Morgan fingerprint density at radius 1 is 1.20 bits per heavy atom. The van der Waals surface area contributed by atoms with Gasteiger partial charge in [0.1, 0.15) is 5.69 Å². The first-order valence-electron chi connectivity index (χ1n) is 6.77. The first-order chi connectivity index (χ1) is 9.76. The minimum absolute atomic E-state index is 0.0632. The third-order valence-electron chi connectivity index (χ3n) is 3.02. The van der Waals surface area contributed by atoms with E-state index in [1.807, 2.05) is 19.2 Å². The lowest BCUT2D eigenvalue weighted by Crippen LogP contribution is -2.25. The van der Waals surface area contributed by atoms with Gasteiger partial charge in [0.05, 0.1) is 13.2 Å². The summed E-state index contributed by atoms with van der Waals surface area (Å²) in [5.41, 5.74) is 2.84. The first-order valence-corrected chi connectivity index (χ1v) is 6.77. The molecule has 2 aromatic heterocycles. The maximum Gasteiger partial charge on any atom is 0.237 e. The van der Waals surface area contributed by atoms with E-state index in [-0.39, 0.29) is 6.04 Å². The molecule has 0 aromatic carbocycles. The number of hydrogen-bond donors (Lipinski definition) is 1. The van der Waals surface area contributed by atoms with Crippen LogP contribution in [0.2, 0.25) is 0 Å². The first kappa shape index (κ1) is 14.4. The van der Waals surface area contributed by atoms with Gasteiger partial charge in [0, 0.05) is 24.3 Å². The monoisotopic (exact) mass is 272 g/mol. The lowest BCUT2D eigenvalue weighted by molar-refractivity contribution is 0.382. The molecule has 0 aliphatic rings. The van der Waals surface area contributed by atoms with Gasteiger partial charge in [-0.3, -0.25) is 9.97 Å². The number of hydrogen-bond acceptors (Lipinski definition) is 5. The van der Waals surface area contributed by atoms with Crippen molar-refractivity contribution in [2.45, 2.75) is 26.3 Å². The fourth-order valence-corrected chi connectivity index (χ4v) is 2.00. The summed E-state index contributed by atoms with van der Waals surface area (Å²) in [5.74, 6) is 0.543. The Kier molecular flexibility index (Phi) is 5.01. The predicted octanol–water partition coefficient (Wildman–Crippen LogP) is 2.28. The zero-order valence-electron chi connectivity index (χ0n) is 12.1. The molecule has 0 spiro atoms. The molecule has 0 aliphatic heterocycles. The lowest BCUT2D eigenvalue weighted by Gasteiger charge is -2.19. The van der Waals surface area contributed by atoms with Crippen LogP contribution in [0.1, 0.15) is 36.3 Å². The van der Waals surface area contributed by atoms with Gasteiger partial charge in [0.2, 0.25) is 5.88 Å². The smallest absolute Gasteiger partial charge is 0.237 e. The zero-order valence-corrected chi connectivity index (χ0v) is 12.1. The van der Waals surface area contributed by atoms with Gasteiger partial charge in [-0.2, -0.15) is 0 Å². The van der Waals surface area contributed by atoms with Crippen LogP contribution >= 0.6 is 0 Å². The number of aromatic nitrogens is 3. The summed E-state index contributed by atoms with van der Waals surface area (Å²) in [7, 11) is 1.61. The quantitative estimate of drug-likeness (QED) is 0.874. The van der Waals surface area contributed by atoms with Crippen molar-refractivity contribution in [2.24, 2.45) is 0 Å². The maximum absolute atomic E-state index is 5.32. The molecule has 5 heteroatoms. The van der Waals surface area contributed by atoms with E-state index in [2.05, 4.69) is 33.3 Å². The van der Waals surface area contributed by atoms with E-state index in [0.29, 0.717) is 5.88 Å². The number of methoxy groups -OCH3 is 1. The molecule has 0 saturated heterocycles. The highest BCUT2D eigenvalue weighted by atomic mass is 16.5. The van der Waals surface area contributed by atoms with Crippen molar-refractivity contribution in [3.63, 3.8) is 0 Å². The molecule has 0 bridgehead atoms. The molecule has 2 heterocycles. The van der Waals surface area contributed by atoms with E-state index in [4.69, 9.17) is 4.74 Å². The van der Waals surface area contributed by atoms with Gasteiger partial charge in [-0.05, 0) is 31.5 Å². The van der Waals surface area contributed by atoms with E-state index >= 15 is 0 Å². The molecule has 2 aromatic rings. The minimum atomic E-state index is -0.0632. The van der Waals surface area contributed by atoms with E-state index in [1.54, 1.807) is 19.5 Å². The molecule has 1 atom stereocenters. The Morgan fingerprint density at radius 2 is 2.00 bits per heavy atom. The van der Waals surface area contributed by atoms with Crippen LogP contribution in [0.3, 0.4) is 0 Å². The number of ether oxygens (including phenoxy) is 1. The summed E-state index contributed by atoms with van der Waals surface area (Å²) in [4.78, 5) is 13.0. The summed E-state index contributed by atoms with van der Waals surface area (Å²) in [6.07, 6.45) is 6.22. The van der Waals surface area contributed by atoms with Gasteiger partial charge >= 0.3 is 0 Å². The Balaban J connectivity index is 2.38. The largest absolute Gasteiger partial charge is 0.480 e. The van der Waals surface area contributed by atoms with Gasteiger partial charge < -0.3 is 10.1 Å². The minimum Gasteiger partial charge on any atom is -0.480 e. The second kappa shape index (κ2) is 6.96. The second-order valence-corrected chi connectivity index (χ2v) is 4.57. The van der Waals surface area contributed by atoms with Crippen LogP contribution in [0.4, 0.5) is 0 Å². The van der Waals surface area contributed by atoms with Crippen LogP contribution in [0.25, 0.3) is 0 Å². The van der Waals surface area contributed by atoms with Crippen LogP contribution in [0, 0.1) is 6.92 Å². The Bertz CT molecular complexity index is 542. The SMILES string of the molecule is CCCNC(c1ccc(C)nc1)c1nccnc1OC.